The van der Waals surface area contributed by atoms with E-state index in [0.717, 1.165) is 46.9 Å². The summed E-state index contributed by atoms with van der Waals surface area (Å²) >= 11 is 0. The summed E-state index contributed by atoms with van der Waals surface area (Å²) in [7, 11) is 0. The normalized spacial score (nSPS) is 15.4. The first-order chi connectivity index (χ1) is 17.5. The molecule has 0 radical (unpaired) electrons. The van der Waals surface area contributed by atoms with Crippen LogP contribution >= 0.6 is 0 Å². The third-order valence-corrected chi connectivity index (χ3v) is 6.49. The Bertz CT molecular complexity index is 1400. The highest BCUT2D eigenvalue weighted by atomic mass is 16.6. The van der Waals surface area contributed by atoms with Gasteiger partial charge in [-0.05, 0) is 55.7 Å². The van der Waals surface area contributed by atoms with Gasteiger partial charge in [-0.15, -0.1) is 0 Å². The second-order valence-corrected chi connectivity index (χ2v) is 9.03. The van der Waals surface area contributed by atoms with E-state index in [9.17, 15) is 15.0 Å². The van der Waals surface area contributed by atoms with Crippen molar-refractivity contribution in [1.82, 2.24) is 19.9 Å². The molecule has 1 amide bonds. The van der Waals surface area contributed by atoms with Crippen LogP contribution in [0.2, 0.25) is 0 Å². The van der Waals surface area contributed by atoms with Crippen molar-refractivity contribution in [3.8, 4) is 17.0 Å². The van der Waals surface area contributed by atoms with Gasteiger partial charge in [-0.3, -0.25) is 0 Å². The number of aromatic nitrogens is 3. The number of fused-ring (bicyclic) bond motifs is 1. The number of nitrogens with zero attached hydrogens (tertiary/aromatic N) is 4. The van der Waals surface area contributed by atoms with Gasteiger partial charge in [0.2, 0.25) is 0 Å². The number of ether oxygens (including phenoxy) is 1. The zero-order chi connectivity index (χ0) is 25.2. The van der Waals surface area contributed by atoms with E-state index in [1.54, 1.807) is 12.1 Å². The van der Waals surface area contributed by atoms with E-state index in [2.05, 4.69) is 10.2 Å². The molecule has 186 valence electrons. The minimum atomic E-state index is -0.464. The van der Waals surface area contributed by atoms with Gasteiger partial charge in [-0.2, -0.15) is 5.10 Å². The van der Waals surface area contributed by atoms with Crippen molar-refractivity contribution in [2.45, 2.75) is 39.5 Å². The fourth-order valence-corrected chi connectivity index (χ4v) is 4.76. The minimum absolute atomic E-state index is 0.0524. The molecular formula is C27H29N5O4. The molecule has 0 unspecified atom stereocenters. The molecule has 1 saturated heterocycles. The zero-order valence-corrected chi connectivity index (χ0v) is 20.3. The molecule has 3 heterocycles. The molecule has 9 heteroatoms. The zero-order valence-electron chi connectivity index (χ0n) is 20.3. The fraction of sp³-hybridized carbons (Fsp3) is 0.296. The second-order valence-electron chi connectivity index (χ2n) is 9.03. The maximum absolute atomic E-state index is 12.4. The van der Waals surface area contributed by atoms with Gasteiger partial charge in [-0.25, -0.2) is 14.3 Å². The summed E-state index contributed by atoms with van der Waals surface area (Å²) in [5, 5.41) is 27.0. The van der Waals surface area contributed by atoms with Gasteiger partial charge in [0.1, 0.15) is 5.75 Å². The lowest BCUT2D eigenvalue weighted by Gasteiger charge is -2.20. The summed E-state index contributed by atoms with van der Waals surface area (Å²) in [6.07, 6.45) is 0.320. The van der Waals surface area contributed by atoms with Crippen molar-refractivity contribution in [3.63, 3.8) is 0 Å². The highest BCUT2D eigenvalue weighted by Gasteiger charge is 2.28. The third-order valence-electron chi connectivity index (χ3n) is 6.49. The van der Waals surface area contributed by atoms with E-state index in [4.69, 9.17) is 14.8 Å². The lowest BCUT2D eigenvalue weighted by atomic mass is 10.0. The quantitative estimate of drug-likeness (QED) is 0.382. The number of nitrogens with one attached hydrogen (secondary N) is 1. The average molecular weight is 488 g/mol. The molecule has 0 bridgehead atoms. The maximum Gasteiger partial charge on any atom is 0.412 e. The molecule has 1 fully saturated rings. The van der Waals surface area contributed by atoms with Crippen molar-refractivity contribution >= 4 is 17.4 Å². The number of hydrogen-bond donors (Lipinski definition) is 3. The number of aliphatic hydroxyl groups excluding tert-OH is 2. The van der Waals surface area contributed by atoms with Gasteiger partial charge in [0.15, 0.2) is 5.65 Å². The number of rotatable bonds is 6. The summed E-state index contributed by atoms with van der Waals surface area (Å²) in [6, 6.07) is 16.6. The number of aliphatic hydroxyl groups is 2. The van der Waals surface area contributed by atoms with E-state index < -0.39 is 6.09 Å². The van der Waals surface area contributed by atoms with Crippen LogP contribution in [0.5, 0.6) is 5.75 Å². The second kappa shape index (κ2) is 9.96. The van der Waals surface area contributed by atoms with Gasteiger partial charge in [0, 0.05) is 18.7 Å². The molecule has 9 nitrogen and oxygen atoms in total. The Morgan fingerprint density at radius 3 is 2.61 bits per heavy atom. The Morgan fingerprint density at radius 1 is 1.08 bits per heavy atom. The molecule has 5 rings (SSSR count). The summed E-state index contributed by atoms with van der Waals surface area (Å²) in [4.78, 5) is 19.4. The molecule has 0 spiro atoms. The molecule has 0 aliphatic carbocycles. The van der Waals surface area contributed by atoms with Crippen LogP contribution < -0.4 is 15.0 Å². The molecule has 1 aliphatic rings. The first-order valence-corrected chi connectivity index (χ1v) is 12.0. The molecule has 2 aromatic carbocycles. The summed E-state index contributed by atoms with van der Waals surface area (Å²) < 4.78 is 7.23. The Kier molecular flexibility index (Phi) is 6.58. The number of benzene rings is 2. The minimum Gasteiger partial charge on any atom is -0.410 e. The van der Waals surface area contributed by atoms with Crippen LogP contribution in [-0.4, -0.2) is 50.0 Å². The highest BCUT2D eigenvalue weighted by Crippen LogP contribution is 2.32. The van der Waals surface area contributed by atoms with Crippen molar-refractivity contribution < 1.29 is 19.7 Å². The SMILES string of the molecule is Cc1cc(N2CC[C@@H](NC(=O)Oc3ccccc3)C2)c2nc(C)c(-c3ccc(CO)c(CO)c3)n2n1. The maximum atomic E-state index is 12.4. The molecule has 1 aliphatic heterocycles. The molecule has 4 aromatic rings. The predicted molar refractivity (Wildman–Crippen MR) is 136 cm³/mol. The largest absolute Gasteiger partial charge is 0.412 e. The van der Waals surface area contributed by atoms with Crippen LogP contribution in [0, 0.1) is 13.8 Å². The molecule has 1 atom stereocenters. The van der Waals surface area contributed by atoms with E-state index in [1.807, 2.05) is 60.8 Å². The Morgan fingerprint density at radius 2 is 1.86 bits per heavy atom. The van der Waals surface area contributed by atoms with Crippen molar-refractivity contribution in [1.29, 1.82) is 0 Å². The van der Waals surface area contributed by atoms with Crippen LogP contribution in [0.1, 0.15) is 28.9 Å². The van der Waals surface area contributed by atoms with Crippen molar-refractivity contribution in [2.24, 2.45) is 0 Å². The lowest BCUT2D eigenvalue weighted by Crippen LogP contribution is -2.38. The van der Waals surface area contributed by atoms with Gasteiger partial charge in [0.05, 0.1) is 42.0 Å². The van der Waals surface area contributed by atoms with E-state index in [0.29, 0.717) is 23.4 Å². The molecular weight excluding hydrogens is 458 g/mol. The van der Waals surface area contributed by atoms with Gasteiger partial charge < -0.3 is 25.2 Å². The number of amides is 1. The van der Waals surface area contributed by atoms with Crippen LogP contribution in [0.3, 0.4) is 0 Å². The standard InChI is InChI=1S/C27H29N5O4/c1-17-12-24(31-11-10-22(14-31)29-27(35)36-23-6-4-3-5-7-23)26-28-18(2)25(32(26)30-17)19-8-9-20(15-33)21(13-19)16-34/h3-9,12-13,22,33-34H,10-11,14-16H2,1-2H3,(H,29,35)/t22-/m1/s1. The van der Waals surface area contributed by atoms with E-state index in [-0.39, 0.29) is 19.3 Å². The molecule has 3 N–H and O–H groups in total. The number of imidazole rings is 1. The van der Waals surface area contributed by atoms with E-state index in [1.165, 1.54) is 0 Å². The summed E-state index contributed by atoms with van der Waals surface area (Å²) in [6.45, 7) is 4.98. The van der Waals surface area contributed by atoms with Crippen LogP contribution in [0.25, 0.3) is 16.9 Å². The number of anilines is 1. The summed E-state index contributed by atoms with van der Waals surface area (Å²) in [5.74, 6) is 0.507. The molecule has 2 aromatic heterocycles. The van der Waals surface area contributed by atoms with Gasteiger partial charge in [0.25, 0.3) is 0 Å². The van der Waals surface area contributed by atoms with Gasteiger partial charge in [-0.1, -0.05) is 30.3 Å². The number of hydrogen-bond acceptors (Lipinski definition) is 7. The summed E-state index contributed by atoms with van der Waals surface area (Å²) in [5.41, 5.74) is 6.42. The van der Waals surface area contributed by atoms with Gasteiger partial charge >= 0.3 is 6.09 Å². The van der Waals surface area contributed by atoms with Crippen LogP contribution in [0.4, 0.5) is 10.5 Å². The average Bonchev–Trinajstić information content (AvgIpc) is 3.47. The Labute approximate surface area is 209 Å². The van der Waals surface area contributed by atoms with Crippen molar-refractivity contribution in [2.75, 3.05) is 18.0 Å². The molecule has 0 saturated carbocycles. The smallest absolute Gasteiger partial charge is 0.410 e. The van der Waals surface area contributed by atoms with E-state index >= 15 is 0 Å². The number of aryl methyl sites for hydroxylation is 2. The first-order valence-electron chi connectivity index (χ1n) is 12.0. The Hall–Kier alpha value is -3.95. The number of para-hydroxylation sites is 1. The monoisotopic (exact) mass is 487 g/mol. The number of carbonyl (C=O) groups excluding carboxylic acids is 1. The van der Waals surface area contributed by atoms with Crippen LogP contribution in [0.15, 0.2) is 54.6 Å². The Balaban J connectivity index is 1.41. The van der Waals surface area contributed by atoms with Crippen molar-refractivity contribution in [3.05, 3.63) is 77.1 Å². The fourth-order valence-electron chi connectivity index (χ4n) is 4.76. The number of carbonyl (C=O) groups is 1. The van der Waals surface area contributed by atoms with Crippen LogP contribution in [-0.2, 0) is 13.2 Å². The topological polar surface area (TPSA) is 112 Å². The third kappa shape index (κ3) is 4.62. The first kappa shape index (κ1) is 23.8. The predicted octanol–water partition coefficient (Wildman–Crippen LogP) is 3.37. The highest BCUT2D eigenvalue weighted by molar-refractivity contribution is 5.77. The lowest BCUT2D eigenvalue weighted by molar-refractivity contribution is 0.197. The molecule has 36 heavy (non-hydrogen) atoms.